The van der Waals surface area contributed by atoms with Crippen LogP contribution in [0.1, 0.15) is 32.4 Å². The van der Waals surface area contributed by atoms with E-state index >= 15 is 0 Å². The van der Waals surface area contributed by atoms with Crippen molar-refractivity contribution in [3.63, 3.8) is 0 Å². The second-order valence-electron chi connectivity index (χ2n) is 4.67. The lowest BCUT2D eigenvalue weighted by Gasteiger charge is -2.12. The van der Waals surface area contributed by atoms with E-state index < -0.39 is 11.9 Å². The average molecular weight is 276 g/mol. The van der Waals surface area contributed by atoms with Gasteiger partial charge in [0.25, 0.3) is 0 Å². The molecule has 0 amide bonds. The summed E-state index contributed by atoms with van der Waals surface area (Å²) < 4.78 is 37.9. The van der Waals surface area contributed by atoms with Crippen molar-refractivity contribution in [2.75, 3.05) is 24.2 Å². The average Bonchev–Trinajstić information content (AvgIpc) is 2.33. The number of rotatable bonds is 6. The van der Waals surface area contributed by atoms with Crippen LogP contribution in [0.4, 0.5) is 24.9 Å². The summed E-state index contributed by atoms with van der Waals surface area (Å²) in [4.78, 5) is 7.34. The minimum Gasteiger partial charge on any atom is -0.370 e. The Labute approximate surface area is 110 Å². The van der Waals surface area contributed by atoms with Crippen molar-refractivity contribution in [3.05, 3.63) is 11.8 Å². The highest BCUT2D eigenvalue weighted by Crippen LogP contribution is 2.29. The fourth-order valence-corrected chi connectivity index (χ4v) is 1.52. The van der Waals surface area contributed by atoms with Crippen molar-refractivity contribution in [3.8, 4) is 0 Å². The fraction of sp³-hybridized carbons (Fsp3) is 0.667. The van der Waals surface area contributed by atoms with Gasteiger partial charge in [-0.2, -0.15) is 18.2 Å². The smallest absolute Gasteiger partial charge is 0.370 e. The Kier molecular flexibility index (Phi) is 5.38. The molecule has 1 heterocycles. The molecule has 0 bridgehead atoms. The largest absolute Gasteiger partial charge is 0.433 e. The monoisotopic (exact) mass is 276 g/mol. The molecular weight excluding hydrogens is 257 g/mol. The van der Waals surface area contributed by atoms with Gasteiger partial charge in [-0.3, -0.25) is 0 Å². The molecule has 4 nitrogen and oxygen atoms in total. The predicted molar refractivity (Wildman–Crippen MR) is 69.1 cm³/mol. The van der Waals surface area contributed by atoms with Crippen molar-refractivity contribution < 1.29 is 13.2 Å². The summed E-state index contributed by atoms with van der Waals surface area (Å²) in [5.41, 5.74) is -0.946. The SMILES string of the molecule is CNc1nc(NCCCC(C)C)cc(C(F)(F)F)n1. The third-order valence-corrected chi connectivity index (χ3v) is 2.50. The summed E-state index contributed by atoms with van der Waals surface area (Å²) in [5.74, 6) is 0.724. The van der Waals surface area contributed by atoms with Gasteiger partial charge in [-0.15, -0.1) is 0 Å². The first-order valence-electron chi connectivity index (χ1n) is 6.21. The summed E-state index contributed by atoms with van der Waals surface area (Å²) >= 11 is 0. The Hall–Kier alpha value is -1.53. The molecule has 19 heavy (non-hydrogen) atoms. The maximum absolute atomic E-state index is 12.6. The normalized spacial score (nSPS) is 11.7. The van der Waals surface area contributed by atoms with Gasteiger partial charge in [-0.05, 0) is 18.8 Å². The van der Waals surface area contributed by atoms with Crippen LogP contribution in [0, 0.1) is 5.92 Å². The van der Waals surface area contributed by atoms with Gasteiger partial charge in [-0.25, -0.2) is 4.98 Å². The number of hydrogen-bond donors (Lipinski definition) is 2. The molecule has 1 aromatic rings. The van der Waals surface area contributed by atoms with Crippen molar-refractivity contribution in [2.24, 2.45) is 5.92 Å². The Morgan fingerprint density at radius 3 is 2.47 bits per heavy atom. The Morgan fingerprint density at radius 2 is 1.95 bits per heavy atom. The van der Waals surface area contributed by atoms with E-state index in [1.807, 2.05) is 0 Å². The molecule has 1 rings (SSSR count). The van der Waals surface area contributed by atoms with Gasteiger partial charge in [0.2, 0.25) is 5.95 Å². The molecule has 0 aliphatic rings. The summed E-state index contributed by atoms with van der Waals surface area (Å²) in [5, 5.41) is 5.42. The standard InChI is InChI=1S/C12H19F3N4/c1-8(2)5-4-6-17-10-7-9(12(13,14)15)18-11(16-3)19-10/h7-8H,4-6H2,1-3H3,(H2,16,17,18,19). The molecule has 108 valence electrons. The third kappa shape index (κ3) is 5.32. The van der Waals surface area contributed by atoms with Crippen molar-refractivity contribution in [2.45, 2.75) is 32.9 Å². The molecule has 0 saturated heterocycles. The molecule has 0 spiro atoms. The second kappa shape index (κ2) is 6.58. The second-order valence-corrected chi connectivity index (χ2v) is 4.67. The fourth-order valence-electron chi connectivity index (χ4n) is 1.52. The summed E-state index contributed by atoms with van der Waals surface area (Å²) in [6.45, 7) is 4.80. The minimum atomic E-state index is -4.47. The van der Waals surface area contributed by atoms with E-state index in [2.05, 4.69) is 34.4 Å². The maximum atomic E-state index is 12.6. The van der Waals surface area contributed by atoms with Gasteiger partial charge in [0.15, 0.2) is 5.69 Å². The molecule has 1 aromatic heterocycles. The lowest BCUT2D eigenvalue weighted by molar-refractivity contribution is -0.141. The van der Waals surface area contributed by atoms with Crippen molar-refractivity contribution >= 4 is 11.8 Å². The predicted octanol–water partition coefficient (Wildman–Crippen LogP) is 3.39. The van der Waals surface area contributed by atoms with E-state index in [0.717, 1.165) is 18.9 Å². The van der Waals surface area contributed by atoms with E-state index in [-0.39, 0.29) is 11.8 Å². The molecule has 0 aliphatic carbocycles. The Morgan fingerprint density at radius 1 is 1.26 bits per heavy atom. The summed E-state index contributed by atoms with van der Waals surface area (Å²) in [6.07, 6.45) is -2.57. The highest BCUT2D eigenvalue weighted by Gasteiger charge is 2.33. The van der Waals surface area contributed by atoms with E-state index in [1.54, 1.807) is 0 Å². The van der Waals surface area contributed by atoms with Gasteiger partial charge < -0.3 is 10.6 Å². The molecule has 0 radical (unpaired) electrons. The highest BCUT2D eigenvalue weighted by atomic mass is 19.4. The molecule has 0 unspecified atom stereocenters. The van der Waals surface area contributed by atoms with E-state index in [1.165, 1.54) is 7.05 Å². The minimum absolute atomic E-state index is 0.0406. The topological polar surface area (TPSA) is 49.8 Å². The first kappa shape index (κ1) is 15.5. The van der Waals surface area contributed by atoms with Crippen molar-refractivity contribution in [1.82, 2.24) is 9.97 Å². The van der Waals surface area contributed by atoms with Crippen LogP contribution in [0.3, 0.4) is 0 Å². The number of anilines is 2. The van der Waals surface area contributed by atoms with Gasteiger partial charge in [-0.1, -0.05) is 13.8 Å². The Balaban J connectivity index is 2.72. The van der Waals surface area contributed by atoms with Crippen LogP contribution in [0.2, 0.25) is 0 Å². The van der Waals surface area contributed by atoms with Crippen LogP contribution in [-0.4, -0.2) is 23.6 Å². The molecule has 0 aromatic carbocycles. The number of alkyl halides is 3. The lowest BCUT2D eigenvalue weighted by Crippen LogP contribution is -2.13. The molecule has 0 fully saturated rings. The number of nitrogens with zero attached hydrogens (tertiary/aromatic N) is 2. The van der Waals surface area contributed by atoms with Crippen LogP contribution >= 0.6 is 0 Å². The quantitative estimate of drug-likeness (QED) is 0.782. The number of halogens is 3. The van der Waals surface area contributed by atoms with Crippen LogP contribution in [0.15, 0.2) is 6.07 Å². The number of nitrogens with one attached hydrogen (secondary N) is 2. The molecule has 7 heteroatoms. The molecular formula is C12H19F3N4. The number of hydrogen-bond acceptors (Lipinski definition) is 4. The zero-order valence-corrected chi connectivity index (χ0v) is 11.3. The van der Waals surface area contributed by atoms with E-state index in [4.69, 9.17) is 0 Å². The van der Waals surface area contributed by atoms with Gasteiger partial charge in [0.1, 0.15) is 5.82 Å². The Bertz CT molecular complexity index is 404. The van der Waals surface area contributed by atoms with Crippen LogP contribution in [0.5, 0.6) is 0 Å². The summed E-state index contributed by atoms with van der Waals surface area (Å²) in [7, 11) is 1.48. The van der Waals surface area contributed by atoms with Gasteiger partial charge in [0, 0.05) is 19.7 Å². The molecule has 2 N–H and O–H groups in total. The number of aromatic nitrogens is 2. The van der Waals surface area contributed by atoms with E-state index in [9.17, 15) is 13.2 Å². The highest BCUT2D eigenvalue weighted by molar-refractivity contribution is 5.42. The van der Waals surface area contributed by atoms with Gasteiger partial charge in [0.05, 0.1) is 0 Å². The van der Waals surface area contributed by atoms with Crippen LogP contribution in [-0.2, 0) is 6.18 Å². The molecule has 0 aliphatic heterocycles. The first-order valence-corrected chi connectivity index (χ1v) is 6.21. The van der Waals surface area contributed by atoms with Crippen molar-refractivity contribution in [1.29, 1.82) is 0 Å². The van der Waals surface area contributed by atoms with Gasteiger partial charge >= 0.3 is 6.18 Å². The maximum Gasteiger partial charge on any atom is 0.433 e. The zero-order chi connectivity index (χ0) is 14.5. The van der Waals surface area contributed by atoms with Crippen LogP contribution in [0.25, 0.3) is 0 Å². The van der Waals surface area contributed by atoms with E-state index in [0.29, 0.717) is 12.5 Å². The summed E-state index contributed by atoms with van der Waals surface area (Å²) in [6, 6.07) is 0.927. The van der Waals surface area contributed by atoms with Crippen LogP contribution < -0.4 is 10.6 Å². The molecule has 0 atom stereocenters. The molecule has 0 saturated carbocycles. The first-order chi connectivity index (χ1) is 8.82. The zero-order valence-electron chi connectivity index (χ0n) is 11.3. The lowest BCUT2D eigenvalue weighted by atomic mass is 10.1. The third-order valence-electron chi connectivity index (χ3n) is 2.50.